The lowest BCUT2D eigenvalue weighted by molar-refractivity contribution is -0.132. The van der Waals surface area contributed by atoms with Gasteiger partial charge in [0.05, 0.1) is 0 Å². The van der Waals surface area contributed by atoms with Gasteiger partial charge in [0.25, 0.3) is 0 Å². The third-order valence-electron chi connectivity index (χ3n) is 2.24. The normalized spacial score (nSPS) is 11.5. The van der Waals surface area contributed by atoms with E-state index in [1.807, 2.05) is 32.0 Å². The van der Waals surface area contributed by atoms with E-state index < -0.39 is 5.97 Å². The van der Waals surface area contributed by atoms with Crippen LogP contribution < -0.4 is 0 Å². The summed E-state index contributed by atoms with van der Waals surface area (Å²) in [5.74, 6) is -0.868. The van der Waals surface area contributed by atoms with Crippen molar-refractivity contribution in [3.63, 3.8) is 0 Å². The molecule has 1 rings (SSSR count). The summed E-state index contributed by atoms with van der Waals surface area (Å²) in [6, 6.07) is 5.93. The van der Waals surface area contributed by atoms with Crippen LogP contribution >= 0.6 is 0 Å². The topological polar surface area (TPSA) is 37.3 Å². The molecule has 14 heavy (non-hydrogen) atoms. The second kappa shape index (κ2) is 4.09. The van der Waals surface area contributed by atoms with E-state index >= 15 is 0 Å². The maximum Gasteiger partial charge on any atom is 0.331 e. The van der Waals surface area contributed by atoms with Gasteiger partial charge in [-0.2, -0.15) is 0 Å². The Balaban J connectivity index is 3.20. The number of aliphatic carboxylic acids is 1. The number of aryl methyl sites for hydroxylation is 2. The van der Waals surface area contributed by atoms with Crippen LogP contribution in [0, 0.1) is 13.8 Å². The molecule has 0 saturated carbocycles. The molecule has 0 fully saturated rings. The lowest BCUT2D eigenvalue weighted by atomic mass is 10.0. The monoisotopic (exact) mass is 190 g/mol. The maximum atomic E-state index is 10.7. The summed E-state index contributed by atoms with van der Waals surface area (Å²) in [5.41, 5.74) is 3.58. The molecule has 2 nitrogen and oxygen atoms in total. The van der Waals surface area contributed by atoms with Crippen LogP contribution in [0.1, 0.15) is 23.6 Å². The fraction of sp³-hybridized carbons (Fsp3) is 0.250. The molecule has 0 atom stereocenters. The van der Waals surface area contributed by atoms with E-state index in [0.29, 0.717) is 5.57 Å². The van der Waals surface area contributed by atoms with Crippen molar-refractivity contribution < 1.29 is 9.90 Å². The zero-order valence-electron chi connectivity index (χ0n) is 8.66. The number of carbonyl (C=O) groups is 1. The van der Waals surface area contributed by atoms with Gasteiger partial charge in [-0.15, -0.1) is 0 Å². The molecule has 0 saturated heterocycles. The number of carboxylic acid groups (broad SMARTS) is 1. The van der Waals surface area contributed by atoms with Gasteiger partial charge in [-0.1, -0.05) is 18.2 Å². The first-order valence-electron chi connectivity index (χ1n) is 4.50. The second-order valence-corrected chi connectivity index (χ2v) is 3.44. The van der Waals surface area contributed by atoms with Gasteiger partial charge in [-0.25, -0.2) is 4.79 Å². The Kier molecular flexibility index (Phi) is 3.07. The van der Waals surface area contributed by atoms with E-state index in [2.05, 4.69) is 0 Å². The van der Waals surface area contributed by atoms with E-state index in [1.54, 1.807) is 13.0 Å². The molecule has 0 aliphatic carbocycles. The van der Waals surface area contributed by atoms with Crippen LogP contribution in [0.3, 0.4) is 0 Å². The van der Waals surface area contributed by atoms with Crippen LogP contribution in [0.15, 0.2) is 23.8 Å². The number of hydrogen-bond acceptors (Lipinski definition) is 1. The molecular formula is C12H14O2. The highest BCUT2D eigenvalue weighted by Crippen LogP contribution is 2.16. The van der Waals surface area contributed by atoms with Crippen molar-refractivity contribution >= 4 is 12.0 Å². The lowest BCUT2D eigenvalue weighted by Gasteiger charge is -2.05. The van der Waals surface area contributed by atoms with Crippen molar-refractivity contribution in [3.05, 3.63) is 40.5 Å². The van der Waals surface area contributed by atoms with Crippen LogP contribution in [0.4, 0.5) is 0 Å². The van der Waals surface area contributed by atoms with E-state index in [4.69, 9.17) is 5.11 Å². The van der Waals surface area contributed by atoms with Crippen molar-refractivity contribution in [2.75, 3.05) is 0 Å². The molecule has 74 valence electrons. The van der Waals surface area contributed by atoms with E-state index in [0.717, 1.165) is 16.7 Å². The SMILES string of the molecule is C/C(=C\c1c(C)cccc1C)C(=O)O. The molecule has 0 amide bonds. The Bertz CT molecular complexity index is 369. The lowest BCUT2D eigenvalue weighted by Crippen LogP contribution is -1.96. The molecule has 0 bridgehead atoms. The zero-order valence-corrected chi connectivity index (χ0v) is 8.66. The summed E-state index contributed by atoms with van der Waals surface area (Å²) in [6.45, 7) is 5.57. The molecule has 0 heterocycles. The number of benzene rings is 1. The van der Waals surface area contributed by atoms with Crippen molar-refractivity contribution in [1.29, 1.82) is 0 Å². The molecule has 1 aromatic carbocycles. The molecule has 0 aliphatic heterocycles. The van der Waals surface area contributed by atoms with Crippen molar-refractivity contribution in [1.82, 2.24) is 0 Å². The predicted octanol–water partition coefficient (Wildman–Crippen LogP) is 2.79. The minimum atomic E-state index is -0.868. The van der Waals surface area contributed by atoms with E-state index in [1.165, 1.54) is 0 Å². The first kappa shape index (κ1) is 10.5. The van der Waals surface area contributed by atoms with E-state index in [-0.39, 0.29) is 0 Å². The largest absolute Gasteiger partial charge is 0.478 e. The van der Waals surface area contributed by atoms with Gasteiger partial charge in [-0.3, -0.25) is 0 Å². The number of carboxylic acids is 1. The molecule has 0 radical (unpaired) electrons. The van der Waals surface area contributed by atoms with Gasteiger partial charge >= 0.3 is 5.97 Å². The third-order valence-corrected chi connectivity index (χ3v) is 2.24. The Hall–Kier alpha value is -1.57. The Morgan fingerprint density at radius 3 is 2.21 bits per heavy atom. The first-order valence-corrected chi connectivity index (χ1v) is 4.50. The fourth-order valence-electron chi connectivity index (χ4n) is 1.33. The van der Waals surface area contributed by atoms with Gasteiger partial charge in [0, 0.05) is 5.57 Å². The van der Waals surface area contributed by atoms with Crippen LogP contribution in [-0.4, -0.2) is 11.1 Å². The zero-order chi connectivity index (χ0) is 10.7. The Morgan fingerprint density at radius 1 is 1.29 bits per heavy atom. The Labute approximate surface area is 83.9 Å². The average molecular weight is 190 g/mol. The van der Waals surface area contributed by atoms with Crippen molar-refractivity contribution in [2.45, 2.75) is 20.8 Å². The number of rotatable bonds is 2. The van der Waals surface area contributed by atoms with Gasteiger partial charge in [0.15, 0.2) is 0 Å². The van der Waals surface area contributed by atoms with Crippen LogP contribution in [-0.2, 0) is 4.79 Å². The predicted molar refractivity (Wildman–Crippen MR) is 57.2 cm³/mol. The summed E-state index contributed by atoms with van der Waals surface area (Å²) >= 11 is 0. The third kappa shape index (κ3) is 2.22. The van der Waals surface area contributed by atoms with Gasteiger partial charge in [0.1, 0.15) is 0 Å². The smallest absolute Gasteiger partial charge is 0.331 e. The molecule has 0 aliphatic rings. The van der Waals surface area contributed by atoms with Crippen LogP contribution in [0.25, 0.3) is 6.08 Å². The van der Waals surface area contributed by atoms with Crippen LogP contribution in [0.5, 0.6) is 0 Å². The summed E-state index contributed by atoms with van der Waals surface area (Å²) < 4.78 is 0. The van der Waals surface area contributed by atoms with Crippen LogP contribution in [0.2, 0.25) is 0 Å². The maximum absolute atomic E-state index is 10.7. The summed E-state index contributed by atoms with van der Waals surface area (Å²) in [6.07, 6.45) is 1.72. The molecule has 2 heteroatoms. The molecule has 1 aromatic rings. The fourth-order valence-corrected chi connectivity index (χ4v) is 1.33. The minimum absolute atomic E-state index is 0.363. The summed E-state index contributed by atoms with van der Waals surface area (Å²) in [4.78, 5) is 10.7. The highest BCUT2D eigenvalue weighted by molar-refractivity contribution is 5.91. The second-order valence-electron chi connectivity index (χ2n) is 3.44. The van der Waals surface area contributed by atoms with E-state index in [9.17, 15) is 4.79 Å². The highest BCUT2D eigenvalue weighted by atomic mass is 16.4. The van der Waals surface area contributed by atoms with Gasteiger partial charge in [0.2, 0.25) is 0 Å². The van der Waals surface area contributed by atoms with Gasteiger partial charge in [-0.05, 0) is 43.5 Å². The summed E-state index contributed by atoms with van der Waals surface area (Å²) in [5, 5.41) is 8.76. The van der Waals surface area contributed by atoms with Gasteiger partial charge < -0.3 is 5.11 Å². The quantitative estimate of drug-likeness (QED) is 0.728. The van der Waals surface area contributed by atoms with Crippen molar-refractivity contribution in [3.8, 4) is 0 Å². The minimum Gasteiger partial charge on any atom is -0.478 e. The first-order chi connectivity index (χ1) is 6.52. The average Bonchev–Trinajstić information content (AvgIpc) is 2.11. The standard InChI is InChI=1S/C12H14O2/c1-8-5-4-6-9(2)11(8)7-10(3)12(13)14/h4-7H,1-3H3,(H,13,14)/b10-7+. The molecule has 0 spiro atoms. The molecular weight excluding hydrogens is 176 g/mol. The molecule has 0 aromatic heterocycles. The molecule has 0 unspecified atom stereocenters. The number of hydrogen-bond donors (Lipinski definition) is 1. The Morgan fingerprint density at radius 2 is 1.79 bits per heavy atom. The summed E-state index contributed by atoms with van der Waals surface area (Å²) in [7, 11) is 0. The van der Waals surface area contributed by atoms with Crippen molar-refractivity contribution in [2.24, 2.45) is 0 Å². The molecule has 1 N–H and O–H groups in total. The highest BCUT2D eigenvalue weighted by Gasteiger charge is 2.03.